The highest BCUT2D eigenvalue weighted by atomic mass is 16.3. The van der Waals surface area contributed by atoms with Gasteiger partial charge in [0.2, 0.25) is 0 Å². The number of nitrogens with zero attached hydrogens (tertiary/aromatic N) is 4. The van der Waals surface area contributed by atoms with Crippen molar-refractivity contribution in [2.45, 2.75) is 0 Å². The third-order valence-electron chi connectivity index (χ3n) is 10.5. The summed E-state index contributed by atoms with van der Waals surface area (Å²) in [6.07, 6.45) is 3.65. The van der Waals surface area contributed by atoms with Crippen LogP contribution in [0.1, 0.15) is 0 Å². The van der Waals surface area contributed by atoms with Gasteiger partial charge >= 0.3 is 0 Å². The third-order valence-corrected chi connectivity index (χ3v) is 10.5. The Kier molecular flexibility index (Phi) is 6.48. The number of aromatic nitrogens is 4. The highest BCUT2D eigenvalue weighted by molar-refractivity contribution is 6.13. The summed E-state index contributed by atoms with van der Waals surface area (Å²) in [4.78, 5) is 9.29. The smallest absolute Gasteiger partial charge is 0.145 e. The van der Waals surface area contributed by atoms with Crippen molar-refractivity contribution < 1.29 is 4.42 Å². The van der Waals surface area contributed by atoms with Crippen LogP contribution in [0, 0.1) is 0 Å². The Morgan fingerprint density at radius 2 is 1.04 bits per heavy atom. The minimum Gasteiger partial charge on any atom is -0.455 e. The molecule has 53 heavy (non-hydrogen) atoms. The first kappa shape index (κ1) is 29.5. The molecule has 0 spiro atoms. The number of imidazole rings is 1. The molecule has 0 bridgehead atoms. The number of para-hydroxylation sites is 5. The van der Waals surface area contributed by atoms with Crippen molar-refractivity contribution >= 4 is 54.8 Å². The zero-order chi connectivity index (χ0) is 34.9. The summed E-state index contributed by atoms with van der Waals surface area (Å²) in [6.45, 7) is 0. The van der Waals surface area contributed by atoms with Gasteiger partial charge in [-0.25, -0.2) is 4.98 Å². The van der Waals surface area contributed by atoms with Crippen LogP contribution in [0.4, 0.5) is 0 Å². The van der Waals surface area contributed by atoms with Crippen molar-refractivity contribution in [3.8, 4) is 45.0 Å². The Labute approximate surface area is 304 Å². The maximum absolute atomic E-state index is 6.43. The van der Waals surface area contributed by atoms with Crippen LogP contribution in [0.2, 0.25) is 0 Å². The Bertz CT molecular complexity index is 3150. The maximum atomic E-state index is 6.43. The van der Waals surface area contributed by atoms with Crippen LogP contribution in [0.5, 0.6) is 0 Å². The van der Waals surface area contributed by atoms with Crippen molar-refractivity contribution in [1.82, 2.24) is 19.1 Å². The SMILES string of the molecule is c1ccc2c(c1)nc(-c1ccc(-c3ccncc3)cc1)n2-c1ccc(-n2c3ccccc3c3cc(-c4cccc5c4oc4ccccc45)ccc32)cc1. The summed E-state index contributed by atoms with van der Waals surface area (Å²) in [6, 6.07) is 60.0. The van der Waals surface area contributed by atoms with E-state index in [1.165, 1.54) is 10.8 Å². The first-order chi connectivity index (χ1) is 26.3. The number of hydrogen-bond donors (Lipinski definition) is 0. The van der Waals surface area contributed by atoms with Gasteiger partial charge in [-0.15, -0.1) is 0 Å². The lowest BCUT2D eigenvalue weighted by Crippen LogP contribution is -1.99. The molecule has 0 atom stereocenters. The molecule has 4 heterocycles. The average Bonchev–Trinajstić information content (AvgIpc) is 3.91. The van der Waals surface area contributed by atoms with E-state index >= 15 is 0 Å². The van der Waals surface area contributed by atoms with Crippen LogP contribution in [0.15, 0.2) is 187 Å². The number of furan rings is 1. The summed E-state index contributed by atoms with van der Waals surface area (Å²) in [5.74, 6) is 0.907. The minimum atomic E-state index is 0.907. The van der Waals surface area contributed by atoms with Gasteiger partial charge < -0.3 is 8.98 Å². The molecule has 0 aliphatic carbocycles. The predicted molar refractivity (Wildman–Crippen MR) is 217 cm³/mol. The molecule has 0 fully saturated rings. The molecule has 0 aliphatic rings. The molecular weight excluding hydrogens is 649 g/mol. The highest BCUT2D eigenvalue weighted by Gasteiger charge is 2.18. The van der Waals surface area contributed by atoms with Crippen LogP contribution in [-0.4, -0.2) is 19.1 Å². The van der Waals surface area contributed by atoms with Gasteiger partial charge in [0.25, 0.3) is 0 Å². The number of fused-ring (bicyclic) bond motifs is 7. The number of pyridine rings is 1. The largest absolute Gasteiger partial charge is 0.455 e. The Balaban J connectivity index is 1.02. The van der Waals surface area contributed by atoms with E-state index in [0.717, 1.165) is 89.0 Å². The second kappa shape index (κ2) is 11.7. The third kappa shape index (κ3) is 4.64. The lowest BCUT2D eigenvalue weighted by Gasteiger charge is -2.13. The molecule has 4 aromatic heterocycles. The quantitative estimate of drug-likeness (QED) is 0.182. The van der Waals surface area contributed by atoms with Gasteiger partial charge in [0.15, 0.2) is 0 Å². The first-order valence-electron chi connectivity index (χ1n) is 17.8. The van der Waals surface area contributed by atoms with Crippen molar-refractivity contribution in [2.75, 3.05) is 0 Å². The number of hydrogen-bond acceptors (Lipinski definition) is 3. The molecule has 11 aromatic rings. The van der Waals surface area contributed by atoms with Gasteiger partial charge in [-0.1, -0.05) is 97.1 Å². The van der Waals surface area contributed by atoms with Crippen LogP contribution in [0.25, 0.3) is 99.8 Å². The van der Waals surface area contributed by atoms with Crippen LogP contribution in [0.3, 0.4) is 0 Å². The molecule has 0 unspecified atom stereocenters. The zero-order valence-corrected chi connectivity index (χ0v) is 28.5. The molecule has 7 aromatic carbocycles. The molecule has 5 nitrogen and oxygen atoms in total. The van der Waals surface area contributed by atoms with Gasteiger partial charge in [0.1, 0.15) is 17.0 Å². The minimum absolute atomic E-state index is 0.907. The lowest BCUT2D eigenvalue weighted by molar-refractivity contribution is 0.670. The highest BCUT2D eigenvalue weighted by Crippen LogP contribution is 2.40. The number of rotatable bonds is 5. The van der Waals surface area contributed by atoms with Gasteiger partial charge in [-0.3, -0.25) is 9.55 Å². The van der Waals surface area contributed by atoms with E-state index in [0.29, 0.717) is 0 Å². The molecule has 248 valence electrons. The van der Waals surface area contributed by atoms with E-state index in [1.807, 2.05) is 42.7 Å². The Morgan fingerprint density at radius 1 is 0.415 bits per heavy atom. The molecule has 11 rings (SSSR count). The molecular formula is C48H30N4O. The first-order valence-corrected chi connectivity index (χ1v) is 17.8. The van der Waals surface area contributed by atoms with E-state index in [1.54, 1.807) is 0 Å². The second-order valence-electron chi connectivity index (χ2n) is 13.5. The molecule has 5 heteroatoms. The van der Waals surface area contributed by atoms with E-state index < -0.39 is 0 Å². The van der Waals surface area contributed by atoms with Gasteiger partial charge in [-0.2, -0.15) is 0 Å². The molecule has 0 saturated heterocycles. The average molecular weight is 679 g/mol. The van der Waals surface area contributed by atoms with Crippen LogP contribution < -0.4 is 0 Å². The van der Waals surface area contributed by atoms with Crippen molar-refractivity contribution in [3.05, 3.63) is 182 Å². The summed E-state index contributed by atoms with van der Waals surface area (Å²) in [7, 11) is 0. The molecule has 0 saturated carbocycles. The summed E-state index contributed by atoms with van der Waals surface area (Å²) >= 11 is 0. The fourth-order valence-electron chi connectivity index (χ4n) is 7.98. The molecule has 0 N–H and O–H groups in total. The normalized spacial score (nSPS) is 11.8. The summed E-state index contributed by atoms with van der Waals surface area (Å²) in [5.41, 5.74) is 13.9. The van der Waals surface area contributed by atoms with Gasteiger partial charge in [0, 0.05) is 56.4 Å². The maximum Gasteiger partial charge on any atom is 0.145 e. The molecule has 0 amide bonds. The topological polar surface area (TPSA) is 48.8 Å². The summed E-state index contributed by atoms with van der Waals surface area (Å²) < 4.78 is 11.1. The Morgan fingerprint density at radius 3 is 1.87 bits per heavy atom. The standard InChI is InChI=1S/C48H30N4O/c1-4-13-43-38(8-1)41-30-34(37-10-7-11-40-39-9-2-6-15-46(39)53-47(37)40)20-25-44(41)51(43)35-21-23-36(24-22-35)52-45-14-5-3-12-42(45)50-48(52)33-18-16-31(17-19-33)32-26-28-49-29-27-32/h1-30H. The van der Waals surface area contributed by atoms with Crippen molar-refractivity contribution in [2.24, 2.45) is 0 Å². The fourth-order valence-corrected chi connectivity index (χ4v) is 7.98. The summed E-state index contributed by atoms with van der Waals surface area (Å²) in [5, 5.41) is 4.69. The van der Waals surface area contributed by atoms with Crippen molar-refractivity contribution in [3.63, 3.8) is 0 Å². The second-order valence-corrected chi connectivity index (χ2v) is 13.5. The van der Waals surface area contributed by atoms with E-state index in [2.05, 4.69) is 154 Å². The van der Waals surface area contributed by atoms with E-state index in [4.69, 9.17) is 9.40 Å². The molecule has 0 aliphatic heterocycles. The van der Waals surface area contributed by atoms with Crippen LogP contribution in [-0.2, 0) is 0 Å². The monoisotopic (exact) mass is 678 g/mol. The molecule has 0 radical (unpaired) electrons. The van der Waals surface area contributed by atoms with Gasteiger partial charge in [-0.05, 0) is 89.5 Å². The van der Waals surface area contributed by atoms with Crippen LogP contribution >= 0.6 is 0 Å². The predicted octanol–water partition coefficient (Wildman–Crippen LogP) is 12.4. The number of benzene rings is 7. The van der Waals surface area contributed by atoms with Gasteiger partial charge in [0.05, 0.1) is 22.1 Å². The fraction of sp³-hybridized carbons (Fsp3) is 0. The van der Waals surface area contributed by atoms with E-state index in [-0.39, 0.29) is 0 Å². The van der Waals surface area contributed by atoms with E-state index in [9.17, 15) is 0 Å². The lowest BCUT2D eigenvalue weighted by atomic mass is 10.0. The Hall–Kier alpha value is -7.24. The van der Waals surface area contributed by atoms with Crippen molar-refractivity contribution in [1.29, 1.82) is 0 Å². The zero-order valence-electron chi connectivity index (χ0n) is 28.5.